The number of benzene rings is 1. The van der Waals surface area contributed by atoms with Crippen molar-refractivity contribution in [2.45, 2.75) is 31.7 Å². The van der Waals surface area contributed by atoms with E-state index >= 15 is 0 Å². The fourth-order valence-corrected chi connectivity index (χ4v) is 2.97. The first kappa shape index (κ1) is 16.6. The molecule has 126 valence electrons. The van der Waals surface area contributed by atoms with E-state index in [1.54, 1.807) is 19.1 Å². The van der Waals surface area contributed by atoms with E-state index in [-0.39, 0.29) is 17.2 Å². The summed E-state index contributed by atoms with van der Waals surface area (Å²) in [6, 6.07) is 4.98. The molecular formula is C17H17ClFN3O2. The van der Waals surface area contributed by atoms with Gasteiger partial charge in [-0.25, -0.2) is 19.2 Å². The zero-order valence-corrected chi connectivity index (χ0v) is 13.9. The van der Waals surface area contributed by atoms with Crippen LogP contribution in [-0.4, -0.2) is 22.5 Å². The summed E-state index contributed by atoms with van der Waals surface area (Å²) < 4.78 is 19.3. The third-order valence-corrected chi connectivity index (χ3v) is 4.48. The highest BCUT2D eigenvalue weighted by atomic mass is 35.5. The molecule has 0 unspecified atom stereocenters. The number of ether oxygens (including phenoxy) is 1. The van der Waals surface area contributed by atoms with Crippen molar-refractivity contribution in [1.29, 1.82) is 0 Å². The minimum atomic E-state index is -0.569. The van der Waals surface area contributed by atoms with Crippen LogP contribution in [-0.2, 0) is 10.3 Å². The Morgan fingerprint density at radius 2 is 2.08 bits per heavy atom. The van der Waals surface area contributed by atoms with Gasteiger partial charge in [0.1, 0.15) is 5.82 Å². The first-order valence-electron chi connectivity index (χ1n) is 7.77. The van der Waals surface area contributed by atoms with Crippen molar-refractivity contribution < 1.29 is 13.9 Å². The number of rotatable bonds is 5. The normalized spacial score (nSPS) is 15.5. The SMILES string of the molecule is CCOC(=O)c1cnc(NC2(c3cccc(Cl)c3F)CCC2)nc1. The summed E-state index contributed by atoms with van der Waals surface area (Å²) >= 11 is 5.90. The summed E-state index contributed by atoms with van der Waals surface area (Å²) in [5, 5.41) is 3.30. The van der Waals surface area contributed by atoms with Gasteiger partial charge >= 0.3 is 5.97 Å². The molecule has 0 aliphatic heterocycles. The molecule has 1 saturated carbocycles. The number of aromatic nitrogens is 2. The standard InChI is InChI=1S/C17H17ClFN3O2/c1-2-24-15(23)11-9-20-16(21-10-11)22-17(7-4-8-17)12-5-3-6-13(18)14(12)19/h3,5-6,9-10H,2,4,7-8H2,1H3,(H,20,21,22). The van der Waals surface area contributed by atoms with Gasteiger partial charge in [-0.05, 0) is 32.3 Å². The molecule has 24 heavy (non-hydrogen) atoms. The molecule has 1 aliphatic rings. The predicted molar refractivity (Wildman–Crippen MR) is 88.6 cm³/mol. The lowest BCUT2D eigenvalue weighted by atomic mass is 9.71. The Kier molecular flexibility index (Phi) is 4.66. The van der Waals surface area contributed by atoms with Gasteiger partial charge in [-0.1, -0.05) is 23.7 Å². The Labute approximate surface area is 144 Å². The number of anilines is 1. The monoisotopic (exact) mass is 349 g/mol. The van der Waals surface area contributed by atoms with Gasteiger partial charge in [0.2, 0.25) is 5.95 Å². The van der Waals surface area contributed by atoms with E-state index in [4.69, 9.17) is 16.3 Å². The fourth-order valence-electron chi connectivity index (χ4n) is 2.79. The summed E-state index contributed by atoms with van der Waals surface area (Å²) in [6.45, 7) is 2.02. The van der Waals surface area contributed by atoms with Crippen molar-refractivity contribution in [2.24, 2.45) is 0 Å². The number of carbonyl (C=O) groups excluding carboxylic acids is 1. The van der Waals surface area contributed by atoms with Gasteiger partial charge in [0.15, 0.2) is 0 Å². The summed E-state index contributed by atoms with van der Waals surface area (Å²) in [5.74, 6) is -0.556. The number of halogens is 2. The molecule has 1 aliphatic carbocycles. The zero-order valence-electron chi connectivity index (χ0n) is 13.2. The summed E-state index contributed by atoms with van der Waals surface area (Å²) in [6.07, 6.45) is 5.28. The van der Waals surface area contributed by atoms with E-state index < -0.39 is 17.3 Å². The van der Waals surface area contributed by atoms with Crippen LogP contribution in [0.4, 0.5) is 10.3 Å². The van der Waals surface area contributed by atoms with Crippen molar-refractivity contribution in [3.8, 4) is 0 Å². The second-order valence-corrected chi connectivity index (χ2v) is 6.09. The lowest BCUT2D eigenvalue weighted by Crippen LogP contribution is -2.43. The molecule has 1 aromatic carbocycles. The number of nitrogens with zero attached hydrogens (tertiary/aromatic N) is 2. The van der Waals surface area contributed by atoms with Crippen LogP contribution in [0.5, 0.6) is 0 Å². The van der Waals surface area contributed by atoms with Crippen LogP contribution in [0.25, 0.3) is 0 Å². The smallest absolute Gasteiger partial charge is 0.341 e. The zero-order chi connectivity index (χ0) is 17.2. The Morgan fingerprint density at radius 3 is 2.67 bits per heavy atom. The van der Waals surface area contributed by atoms with E-state index in [9.17, 15) is 9.18 Å². The Hall–Kier alpha value is -2.21. The van der Waals surface area contributed by atoms with E-state index in [0.717, 1.165) is 19.3 Å². The average Bonchev–Trinajstić information content (AvgIpc) is 2.55. The third-order valence-electron chi connectivity index (χ3n) is 4.19. The maximum absolute atomic E-state index is 14.4. The second kappa shape index (κ2) is 6.73. The molecule has 2 aromatic rings. The molecule has 1 N–H and O–H groups in total. The van der Waals surface area contributed by atoms with Gasteiger partial charge in [-0.15, -0.1) is 0 Å². The second-order valence-electron chi connectivity index (χ2n) is 5.68. The molecule has 3 rings (SSSR count). The number of nitrogens with one attached hydrogen (secondary N) is 1. The molecule has 0 bridgehead atoms. The molecular weight excluding hydrogens is 333 g/mol. The highest BCUT2D eigenvalue weighted by Gasteiger charge is 2.41. The molecule has 0 atom stereocenters. The van der Waals surface area contributed by atoms with Crippen molar-refractivity contribution >= 4 is 23.5 Å². The molecule has 5 nitrogen and oxygen atoms in total. The molecule has 1 heterocycles. The topological polar surface area (TPSA) is 64.1 Å². The fraction of sp³-hybridized carbons (Fsp3) is 0.353. The van der Waals surface area contributed by atoms with Gasteiger partial charge in [0.05, 0.1) is 22.7 Å². The average molecular weight is 350 g/mol. The van der Waals surface area contributed by atoms with Crippen LogP contribution in [0.1, 0.15) is 42.1 Å². The van der Waals surface area contributed by atoms with E-state index in [2.05, 4.69) is 15.3 Å². The van der Waals surface area contributed by atoms with Gasteiger partial charge in [-0.2, -0.15) is 0 Å². The Morgan fingerprint density at radius 1 is 1.38 bits per heavy atom. The van der Waals surface area contributed by atoms with Gasteiger partial charge in [0.25, 0.3) is 0 Å². The van der Waals surface area contributed by atoms with Crippen molar-refractivity contribution in [3.05, 3.63) is 52.6 Å². The van der Waals surface area contributed by atoms with Crippen LogP contribution in [0.2, 0.25) is 5.02 Å². The largest absolute Gasteiger partial charge is 0.462 e. The van der Waals surface area contributed by atoms with Crippen LogP contribution >= 0.6 is 11.6 Å². The van der Waals surface area contributed by atoms with Crippen molar-refractivity contribution in [3.63, 3.8) is 0 Å². The molecule has 0 spiro atoms. The quantitative estimate of drug-likeness (QED) is 0.828. The van der Waals surface area contributed by atoms with Gasteiger partial charge in [0, 0.05) is 18.0 Å². The Balaban J connectivity index is 1.83. The number of hydrogen-bond acceptors (Lipinski definition) is 5. The lowest BCUT2D eigenvalue weighted by molar-refractivity contribution is 0.0525. The first-order valence-corrected chi connectivity index (χ1v) is 8.15. The predicted octanol–water partition coefficient (Wildman–Crippen LogP) is 3.94. The Bertz CT molecular complexity index is 748. The third kappa shape index (κ3) is 3.06. The molecule has 1 fully saturated rings. The molecule has 1 aromatic heterocycles. The highest BCUT2D eigenvalue weighted by Crippen LogP contribution is 2.45. The van der Waals surface area contributed by atoms with Crippen LogP contribution in [0.3, 0.4) is 0 Å². The van der Waals surface area contributed by atoms with Gasteiger partial charge < -0.3 is 10.1 Å². The van der Waals surface area contributed by atoms with Gasteiger partial charge in [-0.3, -0.25) is 0 Å². The minimum Gasteiger partial charge on any atom is -0.462 e. The summed E-state index contributed by atoms with van der Waals surface area (Å²) in [4.78, 5) is 19.9. The number of esters is 1. The number of hydrogen-bond donors (Lipinski definition) is 1. The van der Waals surface area contributed by atoms with Crippen LogP contribution in [0.15, 0.2) is 30.6 Å². The minimum absolute atomic E-state index is 0.0964. The molecule has 0 amide bonds. The maximum Gasteiger partial charge on any atom is 0.341 e. The lowest BCUT2D eigenvalue weighted by Gasteiger charge is -2.43. The first-order chi connectivity index (χ1) is 11.6. The van der Waals surface area contributed by atoms with Crippen LogP contribution < -0.4 is 5.32 Å². The van der Waals surface area contributed by atoms with Crippen LogP contribution in [0, 0.1) is 5.82 Å². The maximum atomic E-state index is 14.4. The van der Waals surface area contributed by atoms with Crippen molar-refractivity contribution in [2.75, 3.05) is 11.9 Å². The molecule has 0 saturated heterocycles. The molecule has 0 radical (unpaired) electrons. The molecule has 7 heteroatoms. The summed E-state index contributed by atoms with van der Waals surface area (Å²) in [7, 11) is 0. The van der Waals surface area contributed by atoms with E-state index in [1.165, 1.54) is 18.5 Å². The number of carbonyl (C=O) groups is 1. The van der Waals surface area contributed by atoms with E-state index in [0.29, 0.717) is 11.5 Å². The highest BCUT2D eigenvalue weighted by molar-refractivity contribution is 6.30. The van der Waals surface area contributed by atoms with E-state index in [1.807, 2.05) is 0 Å². The summed E-state index contributed by atoms with van der Waals surface area (Å²) in [5.41, 5.74) is 0.221. The van der Waals surface area contributed by atoms with Crippen molar-refractivity contribution in [1.82, 2.24) is 9.97 Å².